The average Bonchev–Trinajstić information content (AvgIpc) is 3.47. The van der Waals surface area contributed by atoms with Crippen molar-refractivity contribution >= 4 is 5.71 Å². The van der Waals surface area contributed by atoms with Gasteiger partial charge in [-0.15, -0.1) is 0 Å². The average molecular weight is 391 g/mol. The van der Waals surface area contributed by atoms with Crippen LogP contribution in [0.15, 0.2) is 46.3 Å². The van der Waals surface area contributed by atoms with E-state index in [0.29, 0.717) is 11.6 Å². The van der Waals surface area contributed by atoms with Crippen LogP contribution in [0.5, 0.6) is 0 Å². The van der Waals surface area contributed by atoms with Gasteiger partial charge in [0.1, 0.15) is 6.61 Å². The Bertz CT molecular complexity index is 1120. The zero-order valence-electron chi connectivity index (χ0n) is 17.2. The van der Waals surface area contributed by atoms with E-state index in [4.69, 9.17) is 4.84 Å². The Hall–Kier alpha value is -3.22. The molecule has 0 atom stereocenters. The van der Waals surface area contributed by atoms with Crippen LogP contribution in [-0.2, 0) is 18.5 Å². The first-order chi connectivity index (χ1) is 13.9. The summed E-state index contributed by atoms with van der Waals surface area (Å²) in [6.07, 6.45) is 2.30. The molecule has 1 fully saturated rings. The summed E-state index contributed by atoms with van der Waals surface area (Å²) in [6.45, 7) is 6.35. The molecule has 2 aromatic carbocycles. The monoisotopic (exact) mass is 391 g/mol. The van der Waals surface area contributed by atoms with Crippen LogP contribution >= 0.6 is 0 Å². The van der Waals surface area contributed by atoms with E-state index in [0.717, 1.165) is 29.7 Å². The highest BCUT2D eigenvalue weighted by atomic mass is 16.6. The lowest BCUT2D eigenvalue weighted by atomic mass is 10.0. The second-order valence-corrected chi connectivity index (χ2v) is 7.74. The fourth-order valence-electron chi connectivity index (χ4n) is 3.62. The van der Waals surface area contributed by atoms with E-state index in [1.54, 1.807) is 7.05 Å². The zero-order chi connectivity index (χ0) is 20.5. The van der Waals surface area contributed by atoms with E-state index in [1.165, 1.54) is 26.1 Å². The van der Waals surface area contributed by atoms with Crippen molar-refractivity contribution in [3.8, 4) is 5.69 Å². The minimum Gasteiger partial charge on any atom is -0.391 e. The smallest absolute Gasteiger partial charge is 0.368 e. The van der Waals surface area contributed by atoms with Gasteiger partial charge in [-0.05, 0) is 67.2 Å². The molecular weight excluding hydrogens is 366 g/mol. The van der Waals surface area contributed by atoms with Crippen LogP contribution in [0.2, 0.25) is 0 Å². The van der Waals surface area contributed by atoms with E-state index in [1.807, 2.05) is 19.1 Å². The molecule has 1 aliphatic carbocycles. The van der Waals surface area contributed by atoms with Crippen molar-refractivity contribution in [2.45, 2.75) is 46.1 Å². The molecule has 0 radical (unpaired) electrons. The third-order valence-corrected chi connectivity index (χ3v) is 5.20. The van der Waals surface area contributed by atoms with Gasteiger partial charge in [-0.2, -0.15) is 9.36 Å². The van der Waals surface area contributed by atoms with Crippen LogP contribution in [0.4, 0.5) is 0 Å². The Labute approximate surface area is 169 Å². The molecule has 1 saturated carbocycles. The molecule has 3 aromatic rings. The predicted octanol–water partition coefficient (Wildman–Crippen LogP) is 3.40. The van der Waals surface area contributed by atoms with Crippen LogP contribution in [0.25, 0.3) is 5.69 Å². The van der Waals surface area contributed by atoms with Gasteiger partial charge in [-0.3, -0.25) is 0 Å². The van der Waals surface area contributed by atoms with Crippen LogP contribution in [0.3, 0.4) is 0 Å². The molecule has 0 aliphatic heterocycles. The Morgan fingerprint density at radius 3 is 2.52 bits per heavy atom. The highest BCUT2D eigenvalue weighted by Crippen LogP contribution is 2.42. The lowest BCUT2D eigenvalue weighted by Gasteiger charge is -2.13. The number of benzene rings is 2. The lowest BCUT2D eigenvalue weighted by Crippen LogP contribution is -2.23. The largest absolute Gasteiger partial charge is 0.391 e. The minimum absolute atomic E-state index is 0.271. The number of aryl methyl sites for hydroxylation is 3. The standard InChI is InChI=1S/C22H25N5O2/c1-14-10-15(2)12-18(11-14)16(3)23-29-13-20-19(17-8-9-17)6-5-7-21(20)27-22(28)26(4)24-25-27/h5-7,10-12,17H,8-9,13H2,1-4H3/b23-16+. The first-order valence-corrected chi connectivity index (χ1v) is 9.80. The van der Waals surface area contributed by atoms with Gasteiger partial charge in [0.05, 0.1) is 11.4 Å². The molecule has 0 unspecified atom stereocenters. The minimum atomic E-state index is -0.283. The van der Waals surface area contributed by atoms with Gasteiger partial charge in [0.15, 0.2) is 0 Å². The van der Waals surface area contributed by atoms with E-state index in [2.05, 4.69) is 53.7 Å². The summed E-state index contributed by atoms with van der Waals surface area (Å²) < 4.78 is 2.54. The summed E-state index contributed by atoms with van der Waals surface area (Å²) >= 11 is 0. The molecule has 1 heterocycles. The first-order valence-electron chi connectivity index (χ1n) is 9.80. The molecule has 7 heteroatoms. The summed E-state index contributed by atoms with van der Waals surface area (Å²) in [6, 6.07) is 12.3. The van der Waals surface area contributed by atoms with Gasteiger partial charge in [0.2, 0.25) is 0 Å². The highest BCUT2D eigenvalue weighted by Gasteiger charge is 2.28. The maximum absolute atomic E-state index is 12.4. The first kappa shape index (κ1) is 19.1. The Balaban J connectivity index is 1.64. The number of nitrogens with zero attached hydrogens (tertiary/aromatic N) is 5. The predicted molar refractivity (Wildman–Crippen MR) is 111 cm³/mol. The summed E-state index contributed by atoms with van der Waals surface area (Å²) in [7, 11) is 1.59. The van der Waals surface area contributed by atoms with Crippen molar-refractivity contribution in [3.05, 3.63) is 74.7 Å². The topological polar surface area (TPSA) is 74.3 Å². The number of aromatic nitrogens is 4. The van der Waals surface area contributed by atoms with Gasteiger partial charge in [-0.1, -0.05) is 46.6 Å². The number of rotatable bonds is 6. The van der Waals surface area contributed by atoms with Crippen molar-refractivity contribution in [2.24, 2.45) is 12.2 Å². The van der Waals surface area contributed by atoms with Crippen molar-refractivity contribution in [2.75, 3.05) is 0 Å². The third kappa shape index (κ3) is 3.99. The molecule has 0 saturated heterocycles. The Morgan fingerprint density at radius 2 is 1.90 bits per heavy atom. The van der Waals surface area contributed by atoms with Gasteiger partial charge < -0.3 is 4.84 Å². The van der Waals surface area contributed by atoms with Crippen molar-refractivity contribution < 1.29 is 4.84 Å². The molecule has 0 spiro atoms. The molecule has 1 aromatic heterocycles. The molecule has 0 bridgehead atoms. The molecule has 150 valence electrons. The van der Waals surface area contributed by atoms with Crippen LogP contribution in [0.1, 0.15) is 53.5 Å². The number of oxime groups is 1. The van der Waals surface area contributed by atoms with Crippen LogP contribution < -0.4 is 5.69 Å². The molecule has 7 nitrogen and oxygen atoms in total. The molecule has 0 amide bonds. The summed E-state index contributed by atoms with van der Waals surface area (Å²) in [4.78, 5) is 18.1. The molecule has 29 heavy (non-hydrogen) atoms. The second-order valence-electron chi connectivity index (χ2n) is 7.74. The van der Waals surface area contributed by atoms with Gasteiger partial charge >= 0.3 is 5.69 Å². The van der Waals surface area contributed by atoms with E-state index in [-0.39, 0.29) is 12.3 Å². The fourth-order valence-corrected chi connectivity index (χ4v) is 3.62. The maximum Gasteiger partial charge on any atom is 0.368 e. The van der Waals surface area contributed by atoms with Crippen molar-refractivity contribution in [1.29, 1.82) is 0 Å². The summed E-state index contributed by atoms with van der Waals surface area (Å²) in [5, 5.41) is 12.2. The molecule has 1 aliphatic rings. The normalized spacial score (nSPS) is 14.3. The zero-order valence-corrected chi connectivity index (χ0v) is 17.2. The van der Waals surface area contributed by atoms with Crippen molar-refractivity contribution in [3.63, 3.8) is 0 Å². The fraction of sp³-hybridized carbons (Fsp3) is 0.364. The molecule has 0 N–H and O–H groups in total. The van der Waals surface area contributed by atoms with E-state index in [9.17, 15) is 4.79 Å². The van der Waals surface area contributed by atoms with E-state index < -0.39 is 0 Å². The maximum atomic E-state index is 12.4. The van der Waals surface area contributed by atoms with Crippen LogP contribution in [0, 0.1) is 13.8 Å². The quantitative estimate of drug-likeness (QED) is 0.477. The van der Waals surface area contributed by atoms with Crippen LogP contribution in [-0.4, -0.2) is 25.5 Å². The van der Waals surface area contributed by atoms with Gasteiger partial charge in [0, 0.05) is 12.6 Å². The highest BCUT2D eigenvalue weighted by molar-refractivity contribution is 5.98. The van der Waals surface area contributed by atoms with E-state index >= 15 is 0 Å². The van der Waals surface area contributed by atoms with Crippen molar-refractivity contribution in [1.82, 2.24) is 19.8 Å². The van der Waals surface area contributed by atoms with Gasteiger partial charge in [-0.25, -0.2) is 4.79 Å². The SMILES string of the molecule is C/C(=N\OCc1c(C2CC2)cccc1-n1nnn(C)c1=O)c1cc(C)cc(C)c1. The van der Waals surface area contributed by atoms with Gasteiger partial charge in [0.25, 0.3) is 0 Å². The number of tetrazole rings is 1. The summed E-state index contributed by atoms with van der Waals surface area (Å²) in [5.41, 5.74) is 6.80. The number of hydrogen-bond donors (Lipinski definition) is 0. The molecule has 4 rings (SSSR count). The lowest BCUT2D eigenvalue weighted by molar-refractivity contribution is 0.129. The second kappa shape index (κ2) is 7.66. The molecular formula is C22H25N5O2. The number of hydrogen-bond acceptors (Lipinski definition) is 5. The summed E-state index contributed by atoms with van der Waals surface area (Å²) in [5.74, 6) is 0.505. The Morgan fingerprint density at radius 1 is 1.17 bits per heavy atom. The third-order valence-electron chi connectivity index (χ3n) is 5.20. The Kier molecular flexibility index (Phi) is 5.05.